The second-order valence-corrected chi connectivity index (χ2v) is 7.30. The lowest BCUT2D eigenvalue weighted by Crippen LogP contribution is -2.59. The average Bonchev–Trinajstić information content (AvgIpc) is 2.98. The summed E-state index contributed by atoms with van der Waals surface area (Å²) in [5, 5.41) is 16.8. The molecule has 116 valence electrons. The van der Waals surface area contributed by atoms with E-state index in [4.69, 9.17) is 0 Å². The van der Waals surface area contributed by atoms with Crippen molar-refractivity contribution in [2.24, 2.45) is 5.92 Å². The summed E-state index contributed by atoms with van der Waals surface area (Å²) >= 11 is 1.71. The molecule has 3 fully saturated rings. The first-order valence-corrected chi connectivity index (χ1v) is 9.04. The SMILES string of the molecule is Cc1cscc1-c1ccc(NC2C3CCN(CC3)C2C)nn1. The maximum Gasteiger partial charge on any atom is 0.148 e. The second kappa shape index (κ2) is 5.63. The molecular weight excluding hydrogens is 292 g/mol. The average molecular weight is 314 g/mol. The second-order valence-electron chi connectivity index (χ2n) is 6.56. The quantitative estimate of drug-likeness (QED) is 0.942. The molecule has 3 saturated heterocycles. The minimum absolute atomic E-state index is 0.505. The van der Waals surface area contributed by atoms with Gasteiger partial charge in [-0.15, -0.1) is 10.2 Å². The zero-order valence-corrected chi connectivity index (χ0v) is 13.9. The number of hydrogen-bond donors (Lipinski definition) is 1. The Morgan fingerprint density at radius 1 is 1.18 bits per heavy atom. The normalized spacial score (nSPS) is 30.5. The van der Waals surface area contributed by atoms with Crippen molar-refractivity contribution in [1.29, 1.82) is 0 Å². The molecule has 22 heavy (non-hydrogen) atoms. The highest BCUT2D eigenvalue weighted by atomic mass is 32.1. The van der Waals surface area contributed by atoms with Crippen molar-refractivity contribution in [2.75, 3.05) is 18.4 Å². The summed E-state index contributed by atoms with van der Waals surface area (Å²) in [6.07, 6.45) is 2.61. The first-order chi connectivity index (χ1) is 10.7. The van der Waals surface area contributed by atoms with Gasteiger partial charge >= 0.3 is 0 Å². The highest BCUT2D eigenvalue weighted by molar-refractivity contribution is 7.08. The molecule has 2 aromatic rings. The van der Waals surface area contributed by atoms with E-state index in [1.165, 1.54) is 37.1 Å². The molecule has 5 rings (SSSR count). The van der Waals surface area contributed by atoms with Crippen molar-refractivity contribution in [3.63, 3.8) is 0 Å². The number of fused-ring (bicyclic) bond motifs is 3. The monoisotopic (exact) mass is 314 g/mol. The third-order valence-corrected chi connectivity index (χ3v) is 6.15. The molecule has 0 amide bonds. The molecule has 3 aliphatic heterocycles. The van der Waals surface area contributed by atoms with Gasteiger partial charge in [0.2, 0.25) is 0 Å². The third kappa shape index (κ3) is 2.42. The van der Waals surface area contributed by atoms with Crippen molar-refractivity contribution in [3.05, 3.63) is 28.5 Å². The highest BCUT2D eigenvalue weighted by Crippen LogP contribution is 2.34. The Hall–Kier alpha value is -1.46. The van der Waals surface area contributed by atoms with Gasteiger partial charge in [0.25, 0.3) is 0 Å². The Morgan fingerprint density at radius 2 is 2.00 bits per heavy atom. The Bertz CT molecular complexity index is 641. The van der Waals surface area contributed by atoms with Crippen LogP contribution in [0.5, 0.6) is 0 Å². The Morgan fingerprint density at radius 3 is 2.59 bits per heavy atom. The molecule has 2 bridgehead atoms. The van der Waals surface area contributed by atoms with Crippen molar-refractivity contribution in [1.82, 2.24) is 15.1 Å². The largest absolute Gasteiger partial charge is 0.364 e. The van der Waals surface area contributed by atoms with Crippen LogP contribution < -0.4 is 5.32 Å². The standard InChI is InChI=1S/C17H22N4S/c1-11-9-22-10-14(11)15-3-4-16(20-19-15)18-17-12(2)21-7-5-13(17)6-8-21/h3-4,9-10,12-13,17H,5-8H2,1-2H3,(H,18,20). The number of rotatable bonds is 3. The minimum Gasteiger partial charge on any atom is -0.364 e. The number of nitrogens with one attached hydrogen (secondary N) is 1. The number of thiophene rings is 1. The van der Waals surface area contributed by atoms with Gasteiger partial charge < -0.3 is 5.32 Å². The smallest absolute Gasteiger partial charge is 0.148 e. The van der Waals surface area contributed by atoms with Gasteiger partial charge in [-0.2, -0.15) is 11.3 Å². The first kappa shape index (κ1) is 14.2. The van der Waals surface area contributed by atoms with Crippen LogP contribution in [-0.2, 0) is 0 Å². The van der Waals surface area contributed by atoms with Crippen LogP contribution in [0.25, 0.3) is 11.3 Å². The van der Waals surface area contributed by atoms with Crippen LogP contribution in [0.4, 0.5) is 5.82 Å². The molecule has 5 heteroatoms. The number of hydrogen-bond acceptors (Lipinski definition) is 5. The summed E-state index contributed by atoms with van der Waals surface area (Å²) in [4.78, 5) is 2.59. The lowest BCUT2D eigenvalue weighted by atomic mass is 9.79. The van der Waals surface area contributed by atoms with E-state index in [1.54, 1.807) is 11.3 Å². The van der Waals surface area contributed by atoms with E-state index in [9.17, 15) is 0 Å². The van der Waals surface area contributed by atoms with E-state index < -0.39 is 0 Å². The number of aryl methyl sites for hydroxylation is 1. The predicted molar refractivity (Wildman–Crippen MR) is 91.3 cm³/mol. The molecule has 2 atom stereocenters. The Labute approximate surface area is 135 Å². The molecule has 3 aliphatic rings. The van der Waals surface area contributed by atoms with E-state index in [2.05, 4.69) is 57.2 Å². The van der Waals surface area contributed by atoms with Crippen LogP contribution in [0.15, 0.2) is 22.9 Å². The van der Waals surface area contributed by atoms with E-state index in [0.29, 0.717) is 12.1 Å². The summed E-state index contributed by atoms with van der Waals surface area (Å²) in [7, 11) is 0. The highest BCUT2D eigenvalue weighted by Gasteiger charge is 2.39. The van der Waals surface area contributed by atoms with Crippen LogP contribution in [0.3, 0.4) is 0 Å². The molecule has 0 radical (unpaired) electrons. The summed E-state index contributed by atoms with van der Waals surface area (Å²) in [5.74, 6) is 1.68. The number of aromatic nitrogens is 2. The molecule has 0 aromatic carbocycles. The molecule has 2 aromatic heterocycles. The Balaban J connectivity index is 1.51. The van der Waals surface area contributed by atoms with Gasteiger partial charge in [0.15, 0.2) is 0 Å². The van der Waals surface area contributed by atoms with Gasteiger partial charge in [-0.25, -0.2) is 0 Å². The lowest BCUT2D eigenvalue weighted by molar-refractivity contribution is 0.0457. The van der Waals surface area contributed by atoms with Crippen LogP contribution in [0, 0.1) is 12.8 Å². The van der Waals surface area contributed by atoms with Gasteiger partial charge in [0, 0.05) is 23.0 Å². The van der Waals surface area contributed by atoms with Gasteiger partial charge in [-0.3, -0.25) is 4.90 Å². The number of nitrogens with zero attached hydrogens (tertiary/aromatic N) is 3. The van der Waals surface area contributed by atoms with E-state index in [-0.39, 0.29) is 0 Å². The predicted octanol–water partition coefficient (Wildman–Crippen LogP) is 3.41. The van der Waals surface area contributed by atoms with Crippen molar-refractivity contribution < 1.29 is 0 Å². The van der Waals surface area contributed by atoms with Crippen LogP contribution >= 0.6 is 11.3 Å². The minimum atomic E-state index is 0.505. The third-order valence-electron chi connectivity index (χ3n) is 5.29. The zero-order chi connectivity index (χ0) is 15.1. The summed E-state index contributed by atoms with van der Waals surface area (Å²) in [6.45, 7) is 6.96. The van der Waals surface area contributed by atoms with Crippen LogP contribution in [0.2, 0.25) is 0 Å². The fourth-order valence-corrected chi connectivity index (χ4v) is 4.73. The van der Waals surface area contributed by atoms with Crippen LogP contribution in [0.1, 0.15) is 25.3 Å². The summed E-state index contributed by atoms with van der Waals surface area (Å²) < 4.78 is 0. The fraction of sp³-hybridized carbons (Fsp3) is 0.529. The van der Waals surface area contributed by atoms with Gasteiger partial charge in [0.05, 0.1) is 5.69 Å². The number of piperidine rings is 3. The van der Waals surface area contributed by atoms with E-state index in [1.807, 2.05) is 0 Å². The number of anilines is 1. The fourth-order valence-electron chi connectivity index (χ4n) is 3.89. The molecule has 5 heterocycles. The Kier molecular flexibility index (Phi) is 3.62. The molecule has 0 spiro atoms. The van der Waals surface area contributed by atoms with E-state index in [0.717, 1.165) is 17.4 Å². The zero-order valence-electron chi connectivity index (χ0n) is 13.1. The summed E-state index contributed by atoms with van der Waals surface area (Å²) in [6, 6.07) is 5.25. The molecule has 1 N–H and O–H groups in total. The lowest BCUT2D eigenvalue weighted by Gasteiger charge is -2.50. The van der Waals surface area contributed by atoms with Gasteiger partial charge in [-0.05, 0) is 68.8 Å². The van der Waals surface area contributed by atoms with E-state index >= 15 is 0 Å². The molecule has 0 saturated carbocycles. The molecule has 4 nitrogen and oxygen atoms in total. The molecular formula is C17H22N4S. The topological polar surface area (TPSA) is 41.0 Å². The maximum absolute atomic E-state index is 4.42. The molecule has 0 aliphatic carbocycles. The molecule has 2 unspecified atom stereocenters. The van der Waals surface area contributed by atoms with Crippen molar-refractivity contribution in [2.45, 2.75) is 38.8 Å². The van der Waals surface area contributed by atoms with Crippen LogP contribution in [-0.4, -0.2) is 40.3 Å². The van der Waals surface area contributed by atoms with Crippen molar-refractivity contribution in [3.8, 4) is 11.3 Å². The first-order valence-electron chi connectivity index (χ1n) is 8.10. The van der Waals surface area contributed by atoms with Gasteiger partial charge in [0.1, 0.15) is 5.82 Å². The maximum atomic E-state index is 4.42. The van der Waals surface area contributed by atoms with Crippen molar-refractivity contribution >= 4 is 17.2 Å². The van der Waals surface area contributed by atoms with Gasteiger partial charge in [-0.1, -0.05) is 0 Å². The summed E-state index contributed by atoms with van der Waals surface area (Å²) in [5.41, 5.74) is 3.43.